The second-order valence-electron chi connectivity index (χ2n) is 14.2. The molecular weight excluding hydrogens is 388 g/mol. The number of aliphatic hydroxyl groups is 1. The van der Waals surface area contributed by atoms with Crippen molar-refractivity contribution in [1.29, 1.82) is 0 Å². The molecular formula is C31H52O. The summed E-state index contributed by atoms with van der Waals surface area (Å²) in [6, 6.07) is 0. The Labute approximate surface area is 199 Å². The van der Waals surface area contributed by atoms with E-state index in [1.165, 1.54) is 56.9 Å². The van der Waals surface area contributed by atoms with Crippen molar-refractivity contribution in [2.75, 3.05) is 0 Å². The Bertz CT molecular complexity index is 740. The second kappa shape index (κ2) is 8.58. The number of hydrogen-bond acceptors (Lipinski definition) is 1. The van der Waals surface area contributed by atoms with Crippen LogP contribution >= 0.6 is 0 Å². The molecule has 1 heteroatoms. The molecule has 0 unspecified atom stereocenters. The zero-order valence-electron chi connectivity index (χ0n) is 22.3. The minimum absolute atomic E-state index is 0.0902. The number of fused-ring (bicyclic) bond motifs is 5. The lowest BCUT2D eigenvalue weighted by Gasteiger charge is -2.58. The summed E-state index contributed by atoms with van der Waals surface area (Å²) < 4.78 is 0. The van der Waals surface area contributed by atoms with Gasteiger partial charge in [-0.2, -0.15) is 0 Å². The van der Waals surface area contributed by atoms with Crippen LogP contribution in [-0.2, 0) is 0 Å². The van der Waals surface area contributed by atoms with Gasteiger partial charge in [-0.05, 0) is 123 Å². The van der Waals surface area contributed by atoms with Crippen molar-refractivity contribution < 1.29 is 5.11 Å². The van der Waals surface area contributed by atoms with Gasteiger partial charge in [0.05, 0.1) is 6.10 Å². The average molecular weight is 441 g/mol. The lowest BCUT2D eigenvalue weighted by Crippen LogP contribution is -2.50. The van der Waals surface area contributed by atoms with E-state index in [0.29, 0.717) is 22.2 Å². The van der Waals surface area contributed by atoms with E-state index in [1.54, 1.807) is 5.57 Å². The summed E-state index contributed by atoms with van der Waals surface area (Å²) in [6.07, 6.45) is 15.4. The third kappa shape index (κ3) is 4.08. The molecule has 1 N–H and O–H groups in total. The van der Waals surface area contributed by atoms with Gasteiger partial charge in [-0.1, -0.05) is 65.3 Å². The molecule has 4 rings (SSSR count). The summed E-state index contributed by atoms with van der Waals surface area (Å²) in [7, 11) is 0. The van der Waals surface area contributed by atoms with Gasteiger partial charge in [0.1, 0.15) is 0 Å². The highest BCUT2D eigenvalue weighted by Gasteiger charge is 2.59. The Kier molecular flexibility index (Phi) is 6.59. The molecule has 0 aliphatic heterocycles. The van der Waals surface area contributed by atoms with E-state index >= 15 is 0 Å². The quantitative estimate of drug-likeness (QED) is 0.424. The van der Waals surface area contributed by atoms with E-state index in [0.717, 1.165) is 42.4 Å². The van der Waals surface area contributed by atoms with E-state index in [4.69, 9.17) is 0 Å². The first-order valence-electron chi connectivity index (χ1n) is 13.9. The number of rotatable bonds is 5. The first-order chi connectivity index (χ1) is 14.9. The van der Waals surface area contributed by atoms with Crippen LogP contribution in [0, 0.1) is 51.8 Å². The topological polar surface area (TPSA) is 20.2 Å². The molecule has 0 spiro atoms. The van der Waals surface area contributed by atoms with Crippen molar-refractivity contribution in [1.82, 2.24) is 0 Å². The molecule has 0 bridgehead atoms. The summed E-state index contributed by atoms with van der Waals surface area (Å²) in [4.78, 5) is 0. The smallest absolute Gasteiger partial charge is 0.0577 e. The Morgan fingerprint density at radius 1 is 1.09 bits per heavy atom. The van der Waals surface area contributed by atoms with Crippen molar-refractivity contribution in [2.24, 2.45) is 51.8 Å². The van der Waals surface area contributed by atoms with Gasteiger partial charge in [-0.3, -0.25) is 0 Å². The average Bonchev–Trinajstić information content (AvgIpc) is 3.04. The molecule has 0 aromatic rings. The fourth-order valence-corrected chi connectivity index (χ4v) is 9.67. The number of aliphatic hydroxyl groups excluding tert-OH is 1. The highest BCUT2D eigenvalue weighted by Crippen LogP contribution is 2.67. The number of allylic oxidation sites excluding steroid dienone is 2. The van der Waals surface area contributed by atoms with Crippen LogP contribution in [0.4, 0.5) is 0 Å². The lowest BCUT2D eigenvalue weighted by atomic mass is 9.47. The molecule has 1 nitrogen and oxygen atoms in total. The van der Waals surface area contributed by atoms with Gasteiger partial charge in [0, 0.05) is 0 Å². The van der Waals surface area contributed by atoms with Crippen molar-refractivity contribution in [2.45, 2.75) is 119 Å². The molecule has 0 aromatic heterocycles. The minimum Gasteiger partial charge on any atom is -0.393 e. The maximum absolute atomic E-state index is 10.3. The summed E-state index contributed by atoms with van der Waals surface area (Å²) in [5.74, 6) is 5.00. The zero-order valence-corrected chi connectivity index (χ0v) is 22.3. The third-order valence-corrected chi connectivity index (χ3v) is 11.4. The molecule has 32 heavy (non-hydrogen) atoms. The Hall–Kier alpha value is -0.560. The van der Waals surface area contributed by atoms with E-state index in [-0.39, 0.29) is 6.10 Å². The van der Waals surface area contributed by atoms with Crippen molar-refractivity contribution in [3.05, 3.63) is 23.8 Å². The fraction of sp³-hybridized carbons (Fsp3) is 0.871. The van der Waals surface area contributed by atoms with E-state index in [2.05, 4.69) is 61.1 Å². The maximum Gasteiger partial charge on any atom is 0.0577 e. The Morgan fingerprint density at radius 3 is 2.47 bits per heavy atom. The van der Waals surface area contributed by atoms with Gasteiger partial charge in [-0.25, -0.2) is 0 Å². The molecule has 3 saturated carbocycles. The van der Waals surface area contributed by atoms with Crippen LogP contribution in [0.3, 0.4) is 0 Å². The SMILES string of the molecule is C=C(C)[C@H](CC[C@@H](C)[C@H]1CC[C@H]2[C@@H]3CC=C4C[C@@H](O)CC[C@]4(C)[C@H]3CC[C@]12C)C(C)(C)C. The monoisotopic (exact) mass is 440 g/mol. The molecule has 4 aliphatic carbocycles. The van der Waals surface area contributed by atoms with Gasteiger partial charge in [-0.15, -0.1) is 0 Å². The molecule has 0 saturated heterocycles. The first kappa shape index (κ1) is 24.6. The van der Waals surface area contributed by atoms with Gasteiger partial charge in [0.2, 0.25) is 0 Å². The van der Waals surface area contributed by atoms with Gasteiger partial charge < -0.3 is 5.11 Å². The summed E-state index contributed by atoms with van der Waals surface area (Å²) in [5, 5.41) is 10.3. The molecule has 3 fully saturated rings. The lowest BCUT2D eigenvalue weighted by molar-refractivity contribution is -0.0575. The van der Waals surface area contributed by atoms with Crippen molar-refractivity contribution in [3.8, 4) is 0 Å². The Morgan fingerprint density at radius 2 is 1.81 bits per heavy atom. The van der Waals surface area contributed by atoms with Crippen LogP contribution in [0.15, 0.2) is 23.8 Å². The maximum atomic E-state index is 10.3. The fourth-order valence-electron chi connectivity index (χ4n) is 9.67. The van der Waals surface area contributed by atoms with Gasteiger partial charge >= 0.3 is 0 Å². The van der Waals surface area contributed by atoms with Crippen LogP contribution in [0.5, 0.6) is 0 Å². The van der Waals surface area contributed by atoms with Crippen LogP contribution in [0.1, 0.15) is 113 Å². The van der Waals surface area contributed by atoms with Gasteiger partial charge in [0.15, 0.2) is 0 Å². The van der Waals surface area contributed by atoms with Crippen LogP contribution in [0.2, 0.25) is 0 Å². The van der Waals surface area contributed by atoms with Crippen LogP contribution in [-0.4, -0.2) is 11.2 Å². The zero-order chi connectivity index (χ0) is 23.5. The van der Waals surface area contributed by atoms with Crippen LogP contribution < -0.4 is 0 Å². The Balaban J connectivity index is 1.48. The first-order valence-corrected chi connectivity index (χ1v) is 13.9. The molecule has 9 atom stereocenters. The summed E-state index contributed by atoms with van der Waals surface area (Å²) in [5.41, 5.74) is 4.21. The van der Waals surface area contributed by atoms with Crippen molar-refractivity contribution in [3.63, 3.8) is 0 Å². The predicted molar refractivity (Wildman–Crippen MR) is 137 cm³/mol. The molecule has 182 valence electrons. The summed E-state index contributed by atoms with van der Waals surface area (Å²) in [6.45, 7) is 21.6. The molecule has 4 aliphatic rings. The highest BCUT2D eigenvalue weighted by molar-refractivity contribution is 5.25. The largest absolute Gasteiger partial charge is 0.393 e. The van der Waals surface area contributed by atoms with Crippen LogP contribution in [0.25, 0.3) is 0 Å². The predicted octanol–water partition coefficient (Wildman–Crippen LogP) is 8.58. The molecule has 0 aromatic carbocycles. The normalized spacial score (nSPS) is 43.5. The minimum atomic E-state index is -0.0902. The standard InChI is InChI=1S/C31H52O/c1-20(2)25(29(4,5)6)12-9-21(3)26-13-14-27-24-11-10-22-19-23(32)15-17-30(22,7)28(24)16-18-31(26,27)8/h10,21,23-28,32H,1,9,11-19H2,2-8H3/t21-,23+,24+,25+,26-,27+,28+,30+,31-/m1/s1. The number of hydrogen-bond donors (Lipinski definition) is 1. The molecule has 0 heterocycles. The van der Waals surface area contributed by atoms with Crippen molar-refractivity contribution >= 4 is 0 Å². The van der Waals surface area contributed by atoms with E-state index < -0.39 is 0 Å². The summed E-state index contributed by atoms with van der Waals surface area (Å²) >= 11 is 0. The van der Waals surface area contributed by atoms with Gasteiger partial charge in [0.25, 0.3) is 0 Å². The molecule has 0 amide bonds. The van der Waals surface area contributed by atoms with E-state index in [9.17, 15) is 5.11 Å². The second-order valence-corrected chi connectivity index (χ2v) is 14.2. The highest BCUT2D eigenvalue weighted by atomic mass is 16.3. The third-order valence-electron chi connectivity index (χ3n) is 11.4. The molecule has 0 radical (unpaired) electrons. The van der Waals surface area contributed by atoms with E-state index in [1.807, 2.05) is 0 Å².